The van der Waals surface area contributed by atoms with Crippen molar-refractivity contribution in [2.45, 2.75) is 32.9 Å². The Bertz CT molecular complexity index is 1310. The van der Waals surface area contributed by atoms with Crippen LogP contribution in [0.25, 0.3) is 5.57 Å². The predicted octanol–water partition coefficient (Wildman–Crippen LogP) is 6.44. The second-order valence-corrected chi connectivity index (χ2v) is 8.19. The number of hydrogen-bond acceptors (Lipinski definition) is 6. The van der Waals surface area contributed by atoms with Crippen molar-refractivity contribution in [1.29, 1.82) is 0 Å². The van der Waals surface area contributed by atoms with Gasteiger partial charge in [0.05, 0.1) is 16.8 Å². The number of aliphatic carboxylic acids is 1. The smallest absolute Gasteiger partial charge is 0.416 e. The van der Waals surface area contributed by atoms with Crippen molar-refractivity contribution in [3.63, 3.8) is 0 Å². The third-order valence-electron chi connectivity index (χ3n) is 5.21. The third kappa shape index (κ3) is 8.09. The first-order chi connectivity index (χ1) is 18.2. The van der Waals surface area contributed by atoms with Crippen molar-refractivity contribution >= 4 is 17.3 Å². The van der Waals surface area contributed by atoms with Crippen molar-refractivity contribution in [2.75, 3.05) is 13.2 Å². The summed E-state index contributed by atoms with van der Waals surface area (Å²) in [5, 5.41) is 17.6. The molecule has 0 unspecified atom stereocenters. The zero-order chi connectivity index (χ0) is 27.5. The molecule has 1 aliphatic rings. The fourth-order valence-electron chi connectivity index (χ4n) is 3.36. The standard InChI is InChI=1S/C21H22N2O5.C7H5F3/c1-3-10-27-23-19(20-11-14(2)22-28-20)13-26-16-9-8-15-6-4-5-7-17(15)18(12-16)21(24)25;8-7(9,10)6-4-2-1-3-5-6/h4-7,9,11-12H,3,8,10,13H2,1-2H3,(H,24,25);1-5H/b23-19+;. The number of allylic oxidation sites excluding steroid dienone is 2. The highest BCUT2D eigenvalue weighted by Gasteiger charge is 2.29. The Balaban J connectivity index is 0.000000336. The molecule has 0 saturated heterocycles. The van der Waals surface area contributed by atoms with Crippen molar-refractivity contribution in [1.82, 2.24) is 5.16 Å². The molecule has 0 radical (unpaired) electrons. The molecular formula is C28H27F3N2O5. The second kappa shape index (κ2) is 13.3. The van der Waals surface area contributed by atoms with Gasteiger partial charge in [-0.3, -0.25) is 0 Å². The first kappa shape index (κ1) is 28.2. The number of aryl methyl sites for hydroxylation is 1. The number of oxime groups is 1. The maximum Gasteiger partial charge on any atom is 0.416 e. The molecule has 1 heterocycles. The van der Waals surface area contributed by atoms with Gasteiger partial charge in [0, 0.05) is 6.07 Å². The van der Waals surface area contributed by atoms with E-state index in [2.05, 4.69) is 10.3 Å². The molecule has 2 aromatic carbocycles. The van der Waals surface area contributed by atoms with Gasteiger partial charge in [0.15, 0.2) is 11.5 Å². The number of rotatable bonds is 8. The van der Waals surface area contributed by atoms with Crippen LogP contribution in [0.3, 0.4) is 0 Å². The molecule has 0 amide bonds. The summed E-state index contributed by atoms with van der Waals surface area (Å²) >= 11 is 0. The number of carbonyl (C=O) groups is 1. The average molecular weight is 529 g/mol. The number of hydrogen-bond donors (Lipinski definition) is 1. The fraction of sp³-hybridized carbons (Fsp3) is 0.250. The number of carboxylic acid groups (broad SMARTS) is 1. The van der Waals surface area contributed by atoms with E-state index in [1.54, 1.807) is 18.2 Å². The molecule has 0 atom stereocenters. The van der Waals surface area contributed by atoms with Crippen LogP contribution in [0.4, 0.5) is 13.2 Å². The fourth-order valence-corrected chi connectivity index (χ4v) is 3.36. The Morgan fingerprint density at radius 2 is 1.84 bits per heavy atom. The summed E-state index contributed by atoms with van der Waals surface area (Å²) in [6.07, 6.45) is 0.566. The van der Waals surface area contributed by atoms with E-state index >= 15 is 0 Å². The van der Waals surface area contributed by atoms with Crippen molar-refractivity contribution in [3.8, 4) is 0 Å². The molecule has 200 valence electrons. The second-order valence-electron chi connectivity index (χ2n) is 8.19. The van der Waals surface area contributed by atoms with E-state index in [4.69, 9.17) is 14.1 Å². The molecule has 1 aromatic heterocycles. The van der Waals surface area contributed by atoms with Gasteiger partial charge in [-0.15, -0.1) is 0 Å². The van der Waals surface area contributed by atoms with Gasteiger partial charge >= 0.3 is 12.1 Å². The van der Waals surface area contributed by atoms with Gasteiger partial charge in [-0.05, 0) is 43.0 Å². The van der Waals surface area contributed by atoms with Gasteiger partial charge < -0.3 is 19.2 Å². The third-order valence-corrected chi connectivity index (χ3v) is 5.21. The molecule has 0 bridgehead atoms. The minimum absolute atomic E-state index is 0.0594. The molecule has 10 heteroatoms. The highest BCUT2D eigenvalue weighted by Crippen LogP contribution is 2.28. The number of fused-ring (bicyclic) bond motifs is 1. The Kier molecular flexibility index (Phi) is 9.86. The highest BCUT2D eigenvalue weighted by atomic mass is 19.4. The van der Waals surface area contributed by atoms with Gasteiger partial charge in [-0.1, -0.05) is 71.8 Å². The van der Waals surface area contributed by atoms with Crippen LogP contribution >= 0.6 is 0 Å². The van der Waals surface area contributed by atoms with Gasteiger partial charge in [0.2, 0.25) is 0 Å². The maximum absolute atomic E-state index is 11.8. The molecule has 0 saturated carbocycles. The molecule has 0 fully saturated rings. The van der Waals surface area contributed by atoms with Crippen LogP contribution in [-0.4, -0.2) is 35.2 Å². The van der Waals surface area contributed by atoms with Gasteiger partial charge in [-0.25, -0.2) is 4.79 Å². The summed E-state index contributed by atoms with van der Waals surface area (Å²) in [4.78, 5) is 17.0. The lowest BCUT2D eigenvalue weighted by Crippen LogP contribution is -2.11. The number of alkyl halides is 3. The van der Waals surface area contributed by atoms with Crippen LogP contribution in [0.5, 0.6) is 0 Å². The molecule has 1 aliphatic carbocycles. The topological polar surface area (TPSA) is 94.2 Å². The Morgan fingerprint density at radius 3 is 2.45 bits per heavy atom. The van der Waals surface area contributed by atoms with Gasteiger partial charge in [0.1, 0.15) is 19.0 Å². The summed E-state index contributed by atoms with van der Waals surface area (Å²) in [6.45, 7) is 4.32. The first-order valence-electron chi connectivity index (χ1n) is 11.8. The normalized spacial score (nSPS) is 13.2. The molecule has 4 rings (SSSR count). The van der Waals surface area contributed by atoms with E-state index in [0.29, 0.717) is 35.8 Å². The number of aromatic nitrogens is 1. The lowest BCUT2D eigenvalue weighted by molar-refractivity contribution is -0.137. The molecule has 0 aliphatic heterocycles. The summed E-state index contributed by atoms with van der Waals surface area (Å²) in [7, 11) is 0. The SMILES string of the molecule is CCCO/N=C(\COC1=CCc2ccccc2C(C(=O)O)=C1)c1cc(C)no1.FC(F)(F)c1ccccc1. The van der Waals surface area contributed by atoms with Crippen LogP contribution in [0.2, 0.25) is 0 Å². The van der Waals surface area contributed by atoms with E-state index in [-0.39, 0.29) is 12.2 Å². The summed E-state index contributed by atoms with van der Waals surface area (Å²) in [5.41, 5.74) is 2.37. The maximum atomic E-state index is 11.8. The molecule has 3 aromatic rings. The van der Waals surface area contributed by atoms with Crippen molar-refractivity contribution < 1.29 is 37.2 Å². The molecular weight excluding hydrogens is 501 g/mol. The zero-order valence-electron chi connectivity index (χ0n) is 20.9. The monoisotopic (exact) mass is 528 g/mol. The van der Waals surface area contributed by atoms with E-state index < -0.39 is 17.7 Å². The zero-order valence-corrected chi connectivity index (χ0v) is 20.9. The number of benzene rings is 2. The summed E-state index contributed by atoms with van der Waals surface area (Å²) < 4.78 is 46.5. The van der Waals surface area contributed by atoms with E-state index in [1.165, 1.54) is 18.2 Å². The van der Waals surface area contributed by atoms with Gasteiger partial charge in [-0.2, -0.15) is 13.2 Å². The lowest BCUT2D eigenvalue weighted by Gasteiger charge is -2.08. The van der Waals surface area contributed by atoms with Crippen LogP contribution in [0.15, 0.2) is 88.3 Å². The van der Waals surface area contributed by atoms with Crippen molar-refractivity contribution in [2.24, 2.45) is 5.16 Å². The van der Waals surface area contributed by atoms with Gasteiger partial charge in [0.25, 0.3) is 0 Å². The summed E-state index contributed by atoms with van der Waals surface area (Å²) in [5.74, 6) is -0.101. The minimum Gasteiger partial charge on any atom is -0.487 e. The largest absolute Gasteiger partial charge is 0.487 e. The number of halogens is 3. The Labute approximate surface area is 217 Å². The molecule has 0 spiro atoms. The van der Waals surface area contributed by atoms with Crippen LogP contribution in [0, 0.1) is 6.92 Å². The van der Waals surface area contributed by atoms with E-state index in [0.717, 1.165) is 29.8 Å². The number of ether oxygens (including phenoxy) is 1. The van der Waals surface area contributed by atoms with Crippen molar-refractivity contribution in [3.05, 3.63) is 107 Å². The Morgan fingerprint density at radius 1 is 1.13 bits per heavy atom. The molecule has 1 N–H and O–H groups in total. The minimum atomic E-state index is -4.21. The molecule has 7 nitrogen and oxygen atoms in total. The van der Waals surface area contributed by atoms with E-state index in [9.17, 15) is 23.1 Å². The first-order valence-corrected chi connectivity index (χ1v) is 11.8. The summed E-state index contributed by atoms with van der Waals surface area (Å²) in [6, 6.07) is 15.5. The quantitative estimate of drug-likeness (QED) is 0.205. The number of carboxylic acids is 1. The lowest BCUT2D eigenvalue weighted by atomic mass is 9.99. The predicted molar refractivity (Wildman–Crippen MR) is 135 cm³/mol. The average Bonchev–Trinajstić information content (AvgIpc) is 3.24. The van der Waals surface area contributed by atoms with Crippen LogP contribution in [0.1, 0.15) is 41.5 Å². The number of nitrogens with zero attached hydrogens (tertiary/aromatic N) is 2. The van der Waals surface area contributed by atoms with Crippen LogP contribution < -0.4 is 0 Å². The molecule has 38 heavy (non-hydrogen) atoms. The van der Waals surface area contributed by atoms with Crippen LogP contribution in [-0.2, 0) is 27.0 Å². The highest BCUT2D eigenvalue weighted by molar-refractivity contribution is 6.16. The van der Waals surface area contributed by atoms with E-state index in [1.807, 2.05) is 38.1 Å². The Hall–Kier alpha value is -4.34.